The highest BCUT2D eigenvalue weighted by Crippen LogP contribution is 2.25. The minimum absolute atomic E-state index is 0.00975. The molecule has 0 aliphatic carbocycles. The van der Waals surface area contributed by atoms with E-state index in [4.69, 9.17) is 17.3 Å². The van der Waals surface area contributed by atoms with Crippen LogP contribution in [-0.4, -0.2) is 0 Å². The number of rotatable bonds is 2. The summed E-state index contributed by atoms with van der Waals surface area (Å²) in [5.41, 5.74) is 7.83. The summed E-state index contributed by atoms with van der Waals surface area (Å²) in [4.78, 5) is 0. The second-order valence-corrected chi connectivity index (χ2v) is 4.57. The molecule has 0 radical (unpaired) electrons. The third-order valence-electron chi connectivity index (χ3n) is 2.86. The van der Waals surface area contributed by atoms with E-state index in [1.165, 1.54) is 18.2 Å². The normalized spacial score (nSPS) is 12.5. The molecule has 0 saturated heterocycles. The summed E-state index contributed by atoms with van der Waals surface area (Å²) in [6.07, 6.45) is 0. The van der Waals surface area contributed by atoms with Gasteiger partial charge in [-0.15, -0.1) is 0 Å². The van der Waals surface area contributed by atoms with Gasteiger partial charge in [0.1, 0.15) is 11.6 Å². The van der Waals surface area contributed by atoms with E-state index in [0.717, 1.165) is 0 Å². The number of benzene rings is 2. The first-order valence-electron chi connectivity index (χ1n) is 5.45. The Kier molecular flexibility index (Phi) is 3.64. The van der Waals surface area contributed by atoms with Gasteiger partial charge in [-0.2, -0.15) is 0 Å². The fourth-order valence-corrected chi connectivity index (χ4v) is 1.89. The molecule has 1 nitrogen and oxygen atoms in total. The summed E-state index contributed by atoms with van der Waals surface area (Å²) in [5, 5.41) is 0.00975. The van der Waals surface area contributed by atoms with Crippen molar-refractivity contribution in [1.82, 2.24) is 0 Å². The average molecular weight is 268 g/mol. The van der Waals surface area contributed by atoms with Crippen molar-refractivity contribution in [3.63, 3.8) is 0 Å². The zero-order valence-electron chi connectivity index (χ0n) is 9.75. The molecule has 2 aromatic carbocycles. The minimum Gasteiger partial charge on any atom is -0.320 e. The Bertz CT molecular complexity index is 533. The summed E-state index contributed by atoms with van der Waals surface area (Å²) in [6.45, 7) is 1.68. The van der Waals surface area contributed by atoms with E-state index in [2.05, 4.69) is 0 Å². The van der Waals surface area contributed by atoms with Crippen molar-refractivity contribution in [1.29, 1.82) is 0 Å². The molecule has 2 N–H and O–H groups in total. The second kappa shape index (κ2) is 5.04. The number of aryl methyl sites for hydroxylation is 1. The molecule has 0 fully saturated rings. The Labute approximate surface area is 109 Å². The van der Waals surface area contributed by atoms with Crippen LogP contribution in [0.1, 0.15) is 22.7 Å². The summed E-state index contributed by atoms with van der Waals surface area (Å²) in [5.74, 6) is -0.807. The van der Waals surface area contributed by atoms with Gasteiger partial charge in [-0.3, -0.25) is 0 Å². The molecule has 0 aromatic heterocycles. The number of hydrogen-bond donors (Lipinski definition) is 1. The smallest absolute Gasteiger partial charge is 0.141 e. The van der Waals surface area contributed by atoms with Crippen LogP contribution in [0.25, 0.3) is 0 Å². The van der Waals surface area contributed by atoms with E-state index >= 15 is 0 Å². The molecule has 2 aromatic rings. The lowest BCUT2D eigenvalue weighted by Gasteiger charge is -2.13. The second-order valence-electron chi connectivity index (χ2n) is 4.16. The van der Waals surface area contributed by atoms with Gasteiger partial charge in [0.2, 0.25) is 0 Å². The molecule has 1 atom stereocenters. The first-order chi connectivity index (χ1) is 8.49. The van der Waals surface area contributed by atoms with Crippen molar-refractivity contribution in [3.05, 3.63) is 69.7 Å². The highest BCUT2D eigenvalue weighted by molar-refractivity contribution is 6.30. The van der Waals surface area contributed by atoms with E-state index < -0.39 is 11.9 Å². The van der Waals surface area contributed by atoms with Crippen molar-refractivity contribution >= 4 is 11.6 Å². The van der Waals surface area contributed by atoms with E-state index in [1.54, 1.807) is 25.1 Å². The summed E-state index contributed by atoms with van der Waals surface area (Å²) >= 11 is 5.70. The van der Waals surface area contributed by atoms with Crippen molar-refractivity contribution in [3.8, 4) is 0 Å². The molecule has 2 rings (SSSR count). The van der Waals surface area contributed by atoms with E-state index in [-0.39, 0.29) is 10.8 Å². The molecular weight excluding hydrogens is 256 g/mol. The lowest BCUT2D eigenvalue weighted by Crippen LogP contribution is -2.12. The van der Waals surface area contributed by atoms with Gasteiger partial charge in [-0.25, -0.2) is 8.78 Å². The largest absolute Gasteiger partial charge is 0.320 e. The Morgan fingerprint density at radius 1 is 1.00 bits per heavy atom. The maximum absolute atomic E-state index is 13.5. The summed E-state index contributed by atoms with van der Waals surface area (Å²) < 4.78 is 26.5. The molecule has 0 bridgehead atoms. The number of nitrogens with two attached hydrogens (primary N) is 1. The molecule has 0 aliphatic heterocycles. The fraction of sp³-hybridized carbons (Fsp3) is 0.143. The van der Waals surface area contributed by atoms with Crippen molar-refractivity contribution in [2.45, 2.75) is 13.0 Å². The maximum Gasteiger partial charge on any atom is 0.141 e. The lowest BCUT2D eigenvalue weighted by atomic mass is 9.98. The van der Waals surface area contributed by atoms with Crippen LogP contribution in [0.5, 0.6) is 0 Å². The molecule has 0 saturated carbocycles. The van der Waals surface area contributed by atoms with Gasteiger partial charge < -0.3 is 5.73 Å². The van der Waals surface area contributed by atoms with E-state index in [1.807, 2.05) is 0 Å². The first kappa shape index (κ1) is 13.0. The van der Waals surface area contributed by atoms with Crippen molar-refractivity contribution < 1.29 is 8.78 Å². The highest BCUT2D eigenvalue weighted by Gasteiger charge is 2.12. The van der Waals surface area contributed by atoms with Gasteiger partial charge in [-0.05, 0) is 41.8 Å². The van der Waals surface area contributed by atoms with Crippen LogP contribution < -0.4 is 5.73 Å². The molecule has 1 unspecified atom stereocenters. The lowest BCUT2D eigenvalue weighted by molar-refractivity contribution is 0.613. The molecule has 0 spiro atoms. The molecule has 0 heterocycles. The van der Waals surface area contributed by atoms with Gasteiger partial charge in [-0.1, -0.05) is 29.8 Å². The van der Waals surface area contributed by atoms with Gasteiger partial charge in [0.05, 0.1) is 11.1 Å². The Morgan fingerprint density at radius 2 is 1.61 bits per heavy atom. The zero-order chi connectivity index (χ0) is 13.3. The van der Waals surface area contributed by atoms with E-state index in [9.17, 15) is 8.78 Å². The van der Waals surface area contributed by atoms with Crippen LogP contribution in [0.4, 0.5) is 8.78 Å². The number of hydrogen-bond acceptors (Lipinski definition) is 1. The van der Waals surface area contributed by atoms with E-state index in [0.29, 0.717) is 16.7 Å². The van der Waals surface area contributed by atoms with Crippen molar-refractivity contribution in [2.24, 2.45) is 5.73 Å². The standard InChI is InChI=1S/C14H12ClF2N/c1-8-2-3-10(7-13(8)17)14(18)9-4-5-12(16)11(15)6-9/h2-7,14H,18H2,1H3. The predicted molar refractivity (Wildman–Crippen MR) is 68.6 cm³/mol. The first-order valence-corrected chi connectivity index (χ1v) is 5.83. The third-order valence-corrected chi connectivity index (χ3v) is 3.15. The fourth-order valence-electron chi connectivity index (χ4n) is 1.70. The summed E-state index contributed by atoms with van der Waals surface area (Å²) in [6, 6.07) is 8.52. The zero-order valence-corrected chi connectivity index (χ0v) is 10.5. The maximum atomic E-state index is 13.5. The summed E-state index contributed by atoms with van der Waals surface area (Å²) in [7, 11) is 0. The van der Waals surface area contributed by atoms with Gasteiger partial charge in [0, 0.05) is 0 Å². The highest BCUT2D eigenvalue weighted by atomic mass is 35.5. The monoisotopic (exact) mass is 267 g/mol. The number of halogens is 3. The quantitative estimate of drug-likeness (QED) is 0.875. The Morgan fingerprint density at radius 3 is 2.22 bits per heavy atom. The van der Waals surface area contributed by atoms with Crippen LogP contribution in [0.15, 0.2) is 36.4 Å². The van der Waals surface area contributed by atoms with Crippen molar-refractivity contribution in [2.75, 3.05) is 0 Å². The molecule has 18 heavy (non-hydrogen) atoms. The SMILES string of the molecule is Cc1ccc(C(N)c2ccc(F)c(Cl)c2)cc1F. The van der Waals surface area contributed by atoms with Gasteiger partial charge >= 0.3 is 0 Å². The molecule has 94 valence electrons. The minimum atomic E-state index is -0.529. The topological polar surface area (TPSA) is 26.0 Å². The van der Waals surface area contributed by atoms with Gasteiger partial charge in [0.15, 0.2) is 0 Å². The molecular formula is C14H12ClF2N. The Balaban J connectivity index is 2.37. The van der Waals surface area contributed by atoms with Crippen LogP contribution in [0.2, 0.25) is 5.02 Å². The third kappa shape index (κ3) is 2.52. The molecule has 0 aliphatic rings. The predicted octanol–water partition coefficient (Wildman–Crippen LogP) is 3.97. The molecule has 4 heteroatoms. The average Bonchev–Trinajstić information content (AvgIpc) is 2.35. The molecule has 0 amide bonds. The van der Waals surface area contributed by atoms with Crippen LogP contribution >= 0.6 is 11.6 Å². The van der Waals surface area contributed by atoms with Crippen LogP contribution in [0.3, 0.4) is 0 Å². The van der Waals surface area contributed by atoms with Gasteiger partial charge in [0.25, 0.3) is 0 Å². The van der Waals surface area contributed by atoms with Crippen LogP contribution in [0, 0.1) is 18.6 Å². The Hall–Kier alpha value is -1.45. The van der Waals surface area contributed by atoms with Crippen LogP contribution in [-0.2, 0) is 0 Å².